The maximum atomic E-state index is 12.8. The van der Waals surface area contributed by atoms with Crippen molar-refractivity contribution in [1.82, 2.24) is 0 Å². The Morgan fingerprint density at radius 1 is 0.767 bits per heavy atom. The van der Waals surface area contributed by atoms with Gasteiger partial charge in [-0.2, -0.15) is 0 Å². The number of anilines is 1. The van der Waals surface area contributed by atoms with Gasteiger partial charge in [-0.1, -0.05) is 11.6 Å². The topological polar surface area (TPSA) is 98.8 Å². The van der Waals surface area contributed by atoms with Gasteiger partial charge < -0.3 is 9.47 Å². The van der Waals surface area contributed by atoms with E-state index in [1.54, 1.807) is 6.07 Å². The van der Waals surface area contributed by atoms with Gasteiger partial charge in [-0.25, -0.2) is 16.8 Å². The van der Waals surface area contributed by atoms with Crippen molar-refractivity contribution in [2.45, 2.75) is 14.7 Å². The number of halogens is 1. The molecule has 0 amide bonds. The Hall–Kier alpha value is -2.75. The van der Waals surface area contributed by atoms with Gasteiger partial charge in [0, 0.05) is 16.8 Å². The first-order chi connectivity index (χ1) is 14.2. The van der Waals surface area contributed by atoms with Crippen LogP contribution >= 0.6 is 11.6 Å². The van der Waals surface area contributed by atoms with Gasteiger partial charge in [-0.15, -0.1) is 0 Å². The van der Waals surface area contributed by atoms with Crippen LogP contribution in [0.2, 0.25) is 5.02 Å². The fourth-order valence-electron chi connectivity index (χ4n) is 2.66. The number of methoxy groups -OCH3 is 2. The van der Waals surface area contributed by atoms with Crippen molar-refractivity contribution in [3.8, 4) is 11.5 Å². The number of nitrogens with one attached hydrogen (secondary N) is 1. The van der Waals surface area contributed by atoms with Gasteiger partial charge in [0.05, 0.1) is 24.0 Å². The zero-order chi connectivity index (χ0) is 21.9. The zero-order valence-corrected chi connectivity index (χ0v) is 18.4. The van der Waals surface area contributed by atoms with Crippen molar-refractivity contribution in [3.63, 3.8) is 0 Å². The molecule has 3 aromatic rings. The Morgan fingerprint density at radius 3 is 1.87 bits per heavy atom. The first kappa shape index (κ1) is 21.9. The van der Waals surface area contributed by atoms with Crippen molar-refractivity contribution < 1.29 is 26.3 Å². The van der Waals surface area contributed by atoms with Gasteiger partial charge in [0.1, 0.15) is 16.4 Å². The molecule has 0 unspecified atom stereocenters. The van der Waals surface area contributed by atoms with Gasteiger partial charge in [0.25, 0.3) is 10.0 Å². The quantitative estimate of drug-likeness (QED) is 0.564. The summed E-state index contributed by atoms with van der Waals surface area (Å²) in [5, 5.41) is 0.423. The standard InChI is InChI=1S/C20H18ClNO6S2/c1-27-16-7-12-19(28-2)20(13-16)30(25,26)22-15-5-10-18(11-6-15)29(23,24)17-8-3-14(21)4-9-17/h3-13,22H,1-2H3. The summed E-state index contributed by atoms with van der Waals surface area (Å²) in [6, 6.07) is 15.6. The molecule has 0 aliphatic heterocycles. The predicted octanol–water partition coefficient (Wildman–Crippen LogP) is 3.99. The molecule has 3 aromatic carbocycles. The van der Waals surface area contributed by atoms with Crippen LogP contribution in [0, 0.1) is 0 Å². The third-order valence-corrected chi connectivity index (χ3v) is 7.64. The molecule has 0 saturated heterocycles. The van der Waals surface area contributed by atoms with E-state index in [9.17, 15) is 16.8 Å². The van der Waals surface area contributed by atoms with E-state index < -0.39 is 19.9 Å². The molecule has 158 valence electrons. The van der Waals surface area contributed by atoms with Crippen LogP contribution in [0.5, 0.6) is 11.5 Å². The molecule has 0 saturated carbocycles. The van der Waals surface area contributed by atoms with Crippen LogP contribution in [0.15, 0.2) is 81.4 Å². The minimum atomic E-state index is -4.01. The molecule has 0 aliphatic rings. The molecular weight excluding hydrogens is 450 g/mol. The SMILES string of the molecule is COc1ccc(OC)c(S(=O)(=O)Nc2ccc(S(=O)(=O)c3ccc(Cl)cc3)cc2)c1. The number of sulfone groups is 1. The summed E-state index contributed by atoms with van der Waals surface area (Å²) in [6.45, 7) is 0. The van der Waals surface area contributed by atoms with E-state index in [0.29, 0.717) is 10.8 Å². The third-order valence-electron chi connectivity index (χ3n) is 4.20. The summed E-state index contributed by atoms with van der Waals surface area (Å²) in [5.74, 6) is 0.491. The first-order valence-electron chi connectivity index (χ1n) is 8.53. The lowest BCUT2D eigenvalue weighted by Gasteiger charge is -2.13. The molecule has 0 heterocycles. The van der Waals surface area contributed by atoms with Crippen molar-refractivity contribution in [3.05, 3.63) is 71.8 Å². The molecule has 0 bridgehead atoms. The molecule has 0 spiro atoms. The smallest absolute Gasteiger partial charge is 0.265 e. The van der Waals surface area contributed by atoms with E-state index >= 15 is 0 Å². The molecule has 3 rings (SSSR count). The third kappa shape index (κ3) is 4.53. The summed E-state index contributed by atoms with van der Waals surface area (Å²) in [5.41, 5.74) is 0.190. The van der Waals surface area contributed by atoms with Crippen LogP contribution in [0.4, 0.5) is 5.69 Å². The Bertz CT molecular complexity index is 1260. The summed E-state index contributed by atoms with van der Waals surface area (Å²) >= 11 is 5.80. The first-order valence-corrected chi connectivity index (χ1v) is 11.9. The highest BCUT2D eigenvalue weighted by Gasteiger charge is 2.22. The van der Waals surface area contributed by atoms with Crippen molar-refractivity contribution in [1.29, 1.82) is 0 Å². The predicted molar refractivity (Wildman–Crippen MR) is 114 cm³/mol. The van der Waals surface area contributed by atoms with Gasteiger partial charge >= 0.3 is 0 Å². The number of ether oxygens (including phenoxy) is 2. The highest BCUT2D eigenvalue weighted by Crippen LogP contribution is 2.30. The molecule has 0 radical (unpaired) electrons. The normalized spacial score (nSPS) is 11.7. The molecule has 0 atom stereocenters. The van der Waals surface area contributed by atoms with E-state index in [1.165, 1.54) is 74.9 Å². The molecular formula is C20H18ClNO6S2. The molecule has 10 heteroatoms. The van der Waals surface area contributed by atoms with Crippen LogP contribution in [0.1, 0.15) is 0 Å². The number of hydrogen-bond donors (Lipinski definition) is 1. The number of rotatable bonds is 7. The summed E-state index contributed by atoms with van der Waals surface area (Å²) in [4.78, 5) is -0.00436. The Kier molecular flexibility index (Phi) is 6.25. The van der Waals surface area contributed by atoms with Gasteiger partial charge in [-0.3, -0.25) is 4.72 Å². The fraction of sp³-hybridized carbons (Fsp3) is 0.100. The van der Waals surface area contributed by atoms with Crippen LogP contribution in [0.25, 0.3) is 0 Å². The molecule has 1 N–H and O–H groups in total. The van der Waals surface area contributed by atoms with Gasteiger partial charge in [0.15, 0.2) is 0 Å². The van der Waals surface area contributed by atoms with Crippen LogP contribution in [-0.4, -0.2) is 31.1 Å². The second-order valence-electron chi connectivity index (χ2n) is 6.10. The van der Waals surface area contributed by atoms with Crippen molar-refractivity contribution >= 4 is 37.1 Å². The monoisotopic (exact) mass is 467 g/mol. The largest absolute Gasteiger partial charge is 0.497 e. The second kappa shape index (κ2) is 8.55. The lowest BCUT2D eigenvalue weighted by atomic mass is 10.3. The Labute approximate surface area is 180 Å². The van der Waals surface area contributed by atoms with Crippen LogP contribution in [-0.2, 0) is 19.9 Å². The molecule has 0 aromatic heterocycles. The molecule has 0 fully saturated rings. The average Bonchev–Trinajstić information content (AvgIpc) is 2.73. The highest BCUT2D eigenvalue weighted by atomic mass is 35.5. The van der Waals surface area contributed by atoms with Gasteiger partial charge in [0.2, 0.25) is 9.84 Å². The maximum Gasteiger partial charge on any atom is 0.265 e. The van der Waals surface area contributed by atoms with E-state index in [1.807, 2.05) is 0 Å². The van der Waals surface area contributed by atoms with Crippen molar-refractivity contribution in [2.24, 2.45) is 0 Å². The molecule has 30 heavy (non-hydrogen) atoms. The maximum absolute atomic E-state index is 12.8. The van der Waals surface area contributed by atoms with E-state index in [-0.39, 0.29) is 26.1 Å². The number of sulfonamides is 1. The number of hydrogen-bond acceptors (Lipinski definition) is 6. The zero-order valence-electron chi connectivity index (χ0n) is 16.0. The summed E-state index contributed by atoms with van der Waals surface area (Å²) in [7, 11) is -4.99. The lowest BCUT2D eigenvalue weighted by molar-refractivity contribution is 0.392. The van der Waals surface area contributed by atoms with E-state index in [4.69, 9.17) is 21.1 Å². The fourth-order valence-corrected chi connectivity index (χ4v) is 5.29. The number of benzene rings is 3. The van der Waals surface area contributed by atoms with Crippen LogP contribution in [0.3, 0.4) is 0 Å². The summed E-state index contributed by atoms with van der Waals surface area (Å²) in [6.07, 6.45) is 0. The minimum Gasteiger partial charge on any atom is -0.497 e. The van der Waals surface area contributed by atoms with Gasteiger partial charge in [-0.05, 0) is 60.7 Å². The molecule has 7 nitrogen and oxygen atoms in total. The van der Waals surface area contributed by atoms with E-state index in [2.05, 4.69) is 4.72 Å². The second-order valence-corrected chi connectivity index (χ2v) is 10.1. The van der Waals surface area contributed by atoms with E-state index in [0.717, 1.165) is 0 Å². The van der Waals surface area contributed by atoms with Crippen molar-refractivity contribution in [2.75, 3.05) is 18.9 Å². The molecule has 0 aliphatic carbocycles. The highest BCUT2D eigenvalue weighted by molar-refractivity contribution is 7.93. The lowest BCUT2D eigenvalue weighted by Crippen LogP contribution is -2.14. The Balaban J connectivity index is 1.89. The minimum absolute atomic E-state index is 0.0201. The average molecular weight is 468 g/mol. The Morgan fingerprint density at radius 2 is 1.33 bits per heavy atom. The van der Waals surface area contributed by atoms with Crippen LogP contribution < -0.4 is 14.2 Å². The summed E-state index contributed by atoms with van der Waals surface area (Å²) < 4.78 is 63.6.